The number of amides is 1. The first-order valence-electron chi connectivity index (χ1n) is 10.3. The molecule has 1 unspecified atom stereocenters. The summed E-state index contributed by atoms with van der Waals surface area (Å²) in [6, 6.07) is 14.6. The average Bonchev–Trinajstić information content (AvgIpc) is 3.18. The molecule has 32 heavy (non-hydrogen) atoms. The van der Waals surface area contributed by atoms with Gasteiger partial charge in [-0.05, 0) is 37.0 Å². The number of benzene rings is 2. The number of oxime groups is 1. The third-order valence-corrected chi connectivity index (χ3v) is 5.36. The number of nitrogens with zero attached hydrogens (tertiary/aromatic N) is 2. The highest BCUT2D eigenvalue weighted by Gasteiger charge is 2.39. The van der Waals surface area contributed by atoms with Crippen LogP contribution in [-0.2, 0) is 11.3 Å². The highest BCUT2D eigenvalue weighted by atomic mass is 19.4. The van der Waals surface area contributed by atoms with Gasteiger partial charge in [-0.1, -0.05) is 47.6 Å². The van der Waals surface area contributed by atoms with Crippen LogP contribution in [0.15, 0.2) is 59.8 Å². The molecule has 1 atom stereocenters. The van der Waals surface area contributed by atoms with Gasteiger partial charge < -0.3 is 20.6 Å². The minimum atomic E-state index is -4.71. The van der Waals surface area contributed by atoms with Gasteiger partial charge in [-0.2, -0.15) is 13.2 Å². The quantitative estimate of drug-likeness (QED) is 0.368. The van der Waals surface area contributed by atoms with Gasteiger partial charge in [0.05, 0.1) is 12.1 Å². The van der Waals surface area contributed by atoms with Crippen molar-refractivity contribution >= 4 is 11.6 Å². The van der Waals surface area contributed by atoms with Crippen molar-refractivity contribution in [2.75, 3.05) is 26.3 Å². The third kappa shape index (κ3) is 6.08. The first-order chi connectivity index (χ1) is 15.2. The molecule has 0 aliphatic carbocycles. The van der Waals surface area contributed by atoms with Gasteiger partial charge in [-0.3, -0.25) is 4.79 Å². The van der Waals surface area contributed by atoms with Gasteiger partial charge in [-0.25, -0.2) is 0 Å². The van der Waals surface area contributed by atoms with E-state index in [1.807, 2.05) is 30.3 Å². The topological polar surface area (TPSA) is 88.2 Å². The monoisotopic (exact) mass is 449 g/mol. The number of aliphatic hydroxyl groups excluding tert-OH is 1. The number of likely N-dealkylation sites (tertiary alicyclic amines) is 1. The molecule has 2 aromatic rings. The second-order valence-corrected chi connectivity index (χ2v) is 7.93. The highest BCUT2D eigenvalue weighted by molar-refractivity contribution is 6.05. The zero-order valence-corrected chi connectivity index (χ0v) is 17.5. The Bertz CT molecular complexity index is 933. The molecule has 0 radical (unpaired) electrons. The molecule has 1 aliphatic rings. The van der Waals surface area contributed by atoms with Crippen LogP contribution in [0.5, 0.6) is 0 Å². The number of nitrogens with two attached hydrogens (primary N) is 1. The molecule has 6 nitrogen and oxygen atoms in total. The van der Waals surface area contributed by atoms with Crippen LogP contribution in [0.3, 0.4) is 0 Å². The molecule has 1 amide bonds. The SMILES string of the molecule is NC1(CO)CCN(C(=O)c2ccc(C(=NOCCCc3ccccc3)C(F)(F)F)cc2)C1. The van der Waals surface area contributed by atoms with Crippen molar-refractivity contribution in [3.8, 4) is 0 Å². The number of rotatable bonds is 8. The van der Waals surface area contributed by atoms with Crippen LogP contribution in [-0.4, -0.2) is 59.6 Å². The van der Waals surface area contributed by atoms with Gasteiger partial charge in [-0.15, -0.1) is 0 Å². The molecular weight excluding hydrogens is 423 g/mol. The first kappa shape index (κ1) is 23.7. The van der Waals surface area contributed by atoms with Crippen molar-refractivity contribution in [3.63, 3.8) is 0 Å². The van der Waals surface area contributed by atoms with Crippen LogP contribution < -0.4 is 5.73 Å². The lowest BCUT2D eigenvalue weighted by Gasteiger charge is -2.22. The summed E-state index contributed by atoms with van der Waals surface area (Å²) in [7, 11) is 0. The van der Waals surface area contributed by atoms with Gasteiger partial charge >= 0.3 is 6.18 Å². The summed E-state index contributed by atoms with van der Waals surface area (Å²) in [5.41, 5.74) is 5.10. The van der Waals surface area contributed by atoms with E-state index in [4.69, 9.17) is 10.6 Å². The summed E-state index contributed by atoms with van der Waals surface area (Å²) in [5.74, 6) is -0.347. The van der Waals surface area contributed by atoms with E-state index in [9.17, 15) is 23.1 Å². The fourth-order valence-electron chi connectivity index (χ4n) is 3.52. The molecule has 3 rings (SSSR count). The molecule has 0 bridgehead atoms. The lowest BCUT2D eigenvalue weighted by Crippen LogP contribution is -2.46. The Kier molecular flexibility index (Phi) is 7.52. The molecule has 0 saturated carbocycles. The van der Waals surface area contributed by atoms with Gasteiger partial charge in [0, 0.05) is 24.2 Å². The van der Waals surface area contributed by atoms with E-state index >= 15 is 0 Å². The minimum absolute atomic E-state index is 0.0473. The summed E-state index contributed by atoms with van der Waals surface area (Å²) in [4.78, 5) is 19.0. The number of aliphatic hydroxyl groups is 1. The number of carbonyl (C=O) groups excluding carboxylic acids is 1. The number of halogens is 3. The fraction of sp³-hybridized carbons (Fsp3) is 0.391. The average molecular weight is 449 g/mol. The Morgan fingerprint density at radius 2 is 1.78 bits per heavy atom. The van der Waals surface area contributed by atoms with Crippen LogP contribution in [0.25, 0.3) is 0 Å². The normalized spacial score (nSPS) is 19.3. The molecule has 0 spiro atoms. The molecule has 9 heteroatoms. The van der Waals surface area contributed by atoms with E-state index in [-0.39, 0.29) is 36.8 Å². The summed E-state index contributed by atoms with van der Waals surface area (Å²) in [6.45, 7) is 0.373. The lowest BCUT2D eigenvalue weighted by molar-refractivity contribution is -0.0615. The second kappa shape index (κ2) is 10.1. The molecule has 0 aromatic heterocycles. The molecule has 2 aromatic carbocycles. The maximum atomic E-state index is 13.5. The van der Waals surface area contributed by atoms with Crippen LogP contribution in [0.4, 0.5) is 13.2 Å². The van der Waals surface area contributed by atoms with Crippen LogP contribution in [0, 0.1) is 0 Å². The van der Waals surface area contributed by atoms with Crippen LogP contribution >= 0.6 is 0 Å². The van der Waals surface area contributed by atoms with E-state index in [0.29, 0.717) is 25.8 Å². The molecule has 1 aliphatic heterocycles. The van der Waals surface area contributed by atoms with E-state index in [2.05, 4.69) is 5.16 Å². The largest absolute Gasteiger partial charge is 0.437 e. The van der Waals surface area contributed by atoms with Gasteiger partial charge in [0.15, 0.2) is 5.71 Å². The molecule has 3 N–H and O–H groups in total. The molecule has 172 valence electrons. The number of hydrogen-bond acceptors (Lipinski definition) is 5. The number of hydrogen-bond donors (Lipinski definition) is 2. The summed E-state index contributed by atoms with van der Waals surface area (Å²) < 4.78 is 40.5. The van der Waals surface area contributed by atoms with Gasteiger partial charge in [0.1, 0.15) is 6.61 Å². The van der Waals surface area contributed by atoms with Crippen molar-refractivity contribution in [2.45, 2.75) is 31.0 Å². The third-order valence-electron chi connectivity index (χ3n) is 5.36. The Balaban J connectivity index is 1.62. The Labute approximate surface area is 184 Å². The summed E-state index contributed by atoms with van der Waals surface area (Å²) >= 11 is 0. The number of carbonyl (C=O) groups is 1. The number of aryl methyl sites for hydroxylation is 1. The molecule has 1 heterocycles. The van der Waals surface area contributed by atoms with E-state index in [1.165, 1.54) is 29.2 Å². The maximum absolute atomic E-state index is 13.5. The zero-order chi connectivity index (χ0) is 23.2. The van der Waals surface area contributed by atoms with Gasteiger partial charge in [0.2, 0.25) is 0 Å². The van der Waals surface area contributed by atoms with Crippen molar-refractivity contribution in [2.24, 2.45) is 10.9 Å². The number of alkyl halides is 3. The van der Waals surface area contributed by atoms with Crippen LogP contribution in [0.1, 0.15) is 34.3 Å². The van der Waals surface area contributed by atoms with Crippen molar-refractivity contribution < 1.29 is 27.9 Å². The van der Waals surface area contributed by atoms with E-state index in [1.54, 1.807) is 0 Å². The predicted molar refractivity (Wildman–Crippen MR) is 114 cm³/mol. The summed E-state index contributed by atoms with van der Waals surface area (Å²) in [6.07, 6.45) is -3.05. The van der Waals surface area contributed by atoms with Gasteiger partial charge in [0.25, 0.3) is 5.91 Å². The Morgan fingerprint density at radius 3 is 2.38 bits per heavy atom. The predicted octanol–water partition coefficient (Wildman–Crippen LogP) is 3.14. The molecule has 1 fully saturated rings. The fourth-order valence-corrected chi connectivity index (χ4v) is 3.52. The maximum Gasteiger partial charge on any atom is 0.437 e. The molecule has 1 saturated heterocycles. The summed E-state index contributed by atoms with van der Waals surface area (Å²) in [5, 5.41) is 12.7. The molecular formula is C23H26F3N3O3. The van der Waals surface area contributed by atoms with E-state index < -0.39 is 17.4 Å². The lowest BCUT2D eigenvalue weighted by atomic mass is 10.0. The van der Waals surface area contributed by atoms with Crippen LogP contribution in [0.2, 0.25) is 0 Å². The van der Waals surface area contributed by atoms with Crippen molar-refractivity contribution in [1.29, 1.82) is 0 Å². The second-order valence-electron chi connectivity index (χ2n) is 7.93. The minimum Gasteiger partial charge on any atom is -0.395 e. The Morgan fingerprint density at radius 1 is 1.12 bits per heavy atom. The smallest absolute Gasteiger partial charge is 0.395 e. The Hall–Kier alpha value is -2.91. The van der Waals surface area contributed by atoms with Crippen molar-refractivity contribution in [1.82, 2.24) is 4.90 Å². The van der Waals surface area contributed by atoms with Crippen molar-refractivity contribution in [3.05, 3.63) is 71.3 Å². The van der Waals surface area contributed by atoms with E-state index in [0.717, 1.165) is 5.56 Å². The zero-order valence-electron chi connectivity index (χ0n) is 17.5. The standard InChI is InChI=1S/C23H26F3N3O3/c24-23(25,26)20(28-32-14-4-7-17-5-2-1-3-6-17)18-8-10-19(11-9-18)21(31)29-13-12-22(27,15-29)16-30/h1-3,5-6,8-11,30H,4,7,12-16,27H2. The highest BCUT2D eigenvalue weighted by Crippen LogP contribution is 2.25. The first-order valence-corrected chi connectivity index (χ1v) is 10.3.